The zero-order valence-electron chi connectivity index (χ0n) is 25.2. The molecule has 0 aliphatic carbocycles. The van der Waals surface area contributed by atoms with E-state index in [2.05, 4.69) is 6.58 Å². The zero-order valence-corrected chi connectivity index (χ0v) is 25.2. The minimum absolute atomic E-state index is 0.0636. The number of aliphatic hydroxyl groups is 3. The van der Waals surface area contributed by atoms with Gasteiger partial charge in [-0.1, -0.05) is 18.7 Å². The van der Waals surface area contributed by atoms with Gasteiger partial charge in [0.2, 0.25) is 12.0 Å². The fraction of sp³-hybridized carbons (Fsp3) is 0.235. The molecule has 5 atom stereocenters. The maximum absolute atomic E-state index is 12.4. The van der Waals surface area contributed by atoms with Gasteiger partial charge in [-0.05, 0) is 54.0 Å². The van der Waals surface area contributed by atoms with Crippen molar-refractivity contribution in [2.75, 3.05) is 13.7 Å². The predicted molar refractivity (Wildman–Crippen MR) is 168 cm³/mol. The van der Waals surface area contributed by atoms with E-state index in [9.17, 15) is 40.5 Å². The fourth-order valence-electron chi connectivity index (χ4n) is 5.03. The second kappa shape index (κ2) is 13.6. The van der Waals surface area contributed by atoms with Gasteiger partial charge >= 0.3 is 17.3 Å². The van der Waals surface area contributed by atoms with Gasteiger partial charge in [0, 0.05) is 18.2 Å². The molecule has 0 amide bonds. The van der Waals surface area contributed by atoms with E-state index in [1.165, 1.54) is 43.5 Å². The lowest BCUT2D eigenvalue weighted by Gasteiger charge is -2.39. The van der Waals surface area contributed by atoms with Crippen LogP contribution >= 0.6 is 0 Å². The van der Waals surface area contributed by atoms with Crippen molar-refractivity contribution in [3.8, 4) is 45.8 Å². The summed E-state index contributed by atoms with van der Waals surface area (Å²) in [6.45, 7) is 5.12. The molecule has 246 valence electrons. The third-order valence-corrected chi connectivity index (χ3v) is 7.63. The summed E-state index contributed by atoms with van der Waals surface area (Å²) in [6, 6.07) is 11.1. The Hall–Kier alpha value is -5.34. The molecule has 1 saturated heterocycles. The second-order valence-corrected chi connectivity index (χ2v) is 10.8. The number of ether oxygens (including phenoxy) is 4. The van der Waals surface area contributed by atoms with E-state index >= 15 is 0 Å². The van der Waals surface area contributed by atoms with Gasteiger partial charge in [0.05, 0.1) is 18.7 Å². The molecule has 3 aromatic carbocycles. The van der Waals surface area contributed by atoms with Crippen LogP contribution in [0, 0.1) is 6.92 Å². The largest absolute Gasteiger partial charge is 0.507 e. The van der Waals surface area contributed by atoms with Crippen molar-refractivity contribution in [1.82, 2.24) is 0 Å². The number of phenols is 4. The molecule has 1 aliphatic heterocycles. The summed E-state index contributed by atoms with van der Waals surface area (Å²) < 4.78 is 28.6. The minimum atomic E-state index is -1.79. The van der Waals surface area contributed by atoms with Crippen LogP contribution in [0.1, 0.15) is 16.7 Å². The molecule has 13 heteroatoms. The Kier molecular flexibility index (Phi) is 9.54. The highest BCUT2D eigenvalue weighted by Gasteiger charge is 2.46. The van der Waals surface area contributed by atoms with E-state index in [4.69, 9.17) is 23.4 Å². The standard InChI is InChI=1S/C34H32O13/c1-4-18-10-19(11-25(43-3)16(18)2)33-27(14-21-23(37)12-20(35)13-26(21)45-33)46-34-32(42)31(41)30(40)28(47-34)15-44-29(39)8-6-17-5-7-22(36)24(38)9-17/h4-14,28,30-32,34,40-42H,1,15H2,2-3H3,(H3-,35,36,37,38,39)/p+1/t28-,30-,31+,32-,34-/m1/s1. The van der Waals surface area contributed by atoms with Gasteiger partial charge in [0.1, 0.15) is 53.7 Å². The van der Waals surface area contributed by atoms with Crippen molar-refractivity contribution < 1.29 is 63.9 Å². The summed E-state index contributed by atoms with van der Waals surface area (Å²) in [7, 11) is 1.49. The number of fused-ring (bicyclic) bond motifs is 1. The van der Waals surface area contributed by atoms with Crippen LogP contribution in [0.5, 0.6) is 34.5 Å². The van der Waals surface area contributed by atoms with Crippen LogP contribution in [0.3, 0.4) is 0 Å². The average Bonchev–Trinajstić information content (AvgIpc) is 3.05. The van der Waals surface area contributed by atoms with Crippen molar-refractivity contribution in [2.45, 2.75) is 37.6 Å². The van der Waals surface area contributed by atoms with Crippen molar-refractivity contribution in [3.63, 3.8) is 0 Å². The number of carbonyl (C=O) groups is 1. The highest BCUT2D eigenvalue weighted by atomic mass is 16.7. The Bertz CT molecular complexity index is 1850. The van der Waals surface area contributed by atoms with Gasteiger partial charge in [-0.25, -0.2) is 9.21 Å². The molecule has 0 saturated carbocycles. The summed E-state index contributed by atoms with van der Waals surface area (Å²) in [4.78, 5) is 12.4. The summed E-state index contributed by atoms with van der Waals surface area (Å²) in [5.41, 5.74) is 2.39. The molecule has 0 bridgehead atoms. The first-order chi connectivity index (χ1) is 22.4. The first kappa shape index (κ1) is 33.0. The molecule has 4 aromatic rings. The second-order valence-electron chi connectivity index (χ2n) is 10.8. The molecule has 1 aromatic heterocycles. The molecular formula is C34H33O13+. The Labute approximate surface area is 268 Å². The normalized spacial score (nSPS) is 21.1. The van der Waals surface area contributed by atoms with Crippen molar-refractivity contribution in [2.24, 2.45) is 0 Å². The lowest BCUT2D eigenvalue weighted by atomic mass is 9.99. The summed E-state index contributed by atoms with van der Waals surface area (Å²) in [6.07, 6.45) is -4.26. The summed E-state index contributed by atoms with van der Waals surface area (Å²) in [5.74, 6) is -1.67. The molecular weight excluding hydrogens is 616 g/mol. The quantitative estimate of drug-likeness (QED) is 0.0600. The van der Waals surface area contributed by atoms with Crippen LogP contribution < -0.4 is 9.47 Å². The number of carbonyl (C=O) groups excluding carboxylic acids is 1. The lowest BCUT2D eigenvalue weighted by molar-refractivity contribution is -0.278. The monoisotopic (exact) mass is 649 g/mol. The third-order valence-electron chi connectivity index (χ3n) is 7.63. The van der Waals surface area contributed by atoms with E-state index in [-0.39, 0.29) is 45.5 Å². The molecule has 0 radical (unpaired) electrons. The fourth-order valence-corrected chi connectivity index (χ4v) is 5.03. The molecule has 1 aliphatic rings. The van der Waals surface area contributed by atoms with Gasteiger partial charge in [-0.2, -0.15) is 0 Å². The van der Waals surface area contributed by atoms with Crippen LogP contribution in [0.2, 0.25) is 0 Å². The summed E-state index contributed by atoms with van der Waals surface area (Å²) in [5, 5.41) is 71.9. The molecule has 1 fully saturated rings. The van der Waals surface area contributed by atoms with Gasteiger partial charge in [-0.3, -0.25) is 0 Å². The van der Waals surface area contributed by atoms with Gasteiger partial charge < -0.3 is 54.7 Å². The Balaban J connectivity index is 1.44. The van der Waals surface area contributed by atoms with E-state index in [0.717, 1.165) is 17.7 Å². The number of benzene rings is 3. The lowest BCUT2D eigenvalue weighted by Crippen LogP contribution is -2.60. The summed E-state index contributed by atoms with van der Waals surface area (Å²) >= 11 is 0. The number of phenolic OH excluding ortho intramolecular Hbond substituents is 4. The third kappa shape index (κ3) is 6.93. The molecule has 5 rings (SSSR count). The number of aliphatic hydroxyl groups excluding tert-OH is 3. The van der Waals surface area contributed by atoms with Crippen molar-refractivity contribution in [1.29, 1.82) is 0 Å². The maximum atomic E-state index is 12.4. The number of aromatic hydroxyl groups is 4. The van der Waals surface area contributed by atoms with Crippen LogP contribution in [-0.4, -0.2) is 86.1 Å². The van der Waals surface area contributed by atoms with Gasteiger partial charge in [-0.15, -0.1) is 0 Å². The van der Waals surface area contributed by atoms with E-state index in [1.807, 2.05) is 6.92 Å². The Morgan fingerprint density at radius 1 is 0.936 bits per heavy atom. The molecule has 47 heavy (non-hydrogen) atoms. The number of esters is 1. The minimum Gasteiger partial charge on any atom is -0.507 e. The van der Waals surface area contributed by atoms with E-state index < -0.39 is 43.3 Å². The topological polar surface area (TPSA) is 207 Å². The van der Waals surface area contributed by atoms with Crippen LogP contribution in [0.4, 0.5) is 0 Å². The SMILES string of the molecule is C=Cc1cc(-c2[o+]c3cc(O)cc(O)c3cc2O[C@@H]2O[C@H](COC(=O)/C=C/c3ccc(O)c(O)c3)[C@@H](O)[C@H](O)[C@H]2O)cc(OC)c1C. The average molecular weight is 650 g/mol. The number of rotatable bonds is 9. The molecule has 13 nitrogen and oxygen atoms in total. The smallest absolute Gasteiger partial charge is 0.402 e. The molecule has 0 spiro atoms. The molecule has 2 heterocycles. The Morgan fingerprint density at radius 3 is 2.40 bits per heavy atom. The number of hydrogen-bond donors (Lipinski definition) is 7. The molecule has 7 N–H and O–H groups in total. The number of hydrogen-bond acceptors (Lipinski definition) is 12. The van der Waals surface area contributed by atoms with Crippen molar-refractivity contribution in [3.05, 3.63) is 77.9 Å². The molecule has 0 unspecified atom stereocenters. The first-order valence-electron chi connectivity index (χ1n) is 14.3. The highest BCUT2D eigenvalue weighted by Crippen LogP contribution is 2.42. The Morgan fingerprint density at radius 2 is 1.70 bits per heavy atom. The van der Waals surface area contributed by atoms with Gasteiger partial charge in [0.15, 0.2) is 11.5 Å². The van der Waals surface area contributed by atoms with Crippen LogP contribution in [-0.2, 0) is 14.3 Å². The van der Waals surface area contributed by atoms with Crippen LogP contribution in [0.15, 0.2) is 65.6 Å². The predicted octanol–water partition coefficient (Wildman–Crippen LogP) is 3.61. The maximum Gasteiger partial charge on any atom is 0.402 e. The van der Waals surface area contributed by atoms with Gasteiger partial charge in [0.25, 0.3) is 0 Å². The van der Waals surface area contributed by atoms with E-state index in [1.54, 1.807) is 18.2 Å². The van der Waals surface area contributed by atoms with Crippen molar-refractivity contribution >= 4 is 29.1 Å². The number of methoxy groups -OCH3 is 1. The van der Waals surface area contributed by atoms with E-state index in [0.29, 0.717) is 22.4 Å². The van der Waals surface area contributed by atoms with Crippen LogP contribution in [0.25, 0.3) is 34.4 Å². The highest BCUT2D eigenvalue weighted by molar-refractivity contribution is 5.89. The zero-order chi connectivity index (χ0) is 34.0. The first-order valence-corrected chi connectivity index (χ1v) is 14.3.